The Bertz CT molecular complexity index is 284. The Balaban J connectivity index is 1.53. The molecule has 2 unspecified atom stereocenters. The molecule has 3 heteroatoms. The predicted octanol–water partition coefficient (Wildman–Crippen LogP) is 1.79. The molecule has 0 radical (unpaired) electrons. The number of hydrogen-bond donors (Lipinski definition) is 1. The molecule has 0 aromatic carbocycles. The Morgan fingerprint density at radius 1 is 1.05 bits per heavy atom. The SMILES string of the molecule is CC(C)CN1CCC(N2CCCC3CNCC32)CC1. The van der Waals surface area contributed by atoms with Crippen molar-refractivity contribution in [3.63, 3.8) is 0 Å². The van der Waals surface area contributed by atoms with E-state index in [2.05, 4.69) is 29.0 Å². The normalized spacial score (nSPS) is 34.9. The average Bonchev–Trinajstić information content (AvgIpc) is 2.87. The van der Waals surface area contributed by atoms with Gasteiger partial charge in [-0.15, -0.1) is 0 Å². The van der Waals surface area contributed by atoms with E-state index in [-0.39, 0.29) is 0 Å². The molecule has 0 spiro atoms. The molecule has 19 heavy (non-hydrogen) atoms. The van der Waals surface area contributed by atoms with Crippen LogP contribution in [-0.2, 0) is 0 Å². The summed E-state index contributed by atoms with van der Waals surface area (Å²) in [5, 5.41) is 3.62. The first-order valence-electron chi connectivity index (χ1n) is 8.43. The average molecular weight is 265 g/mol. The van der Waals surface area contributed by atoms with Crippen LogP contribution in [0.15, 0.2) is 0 Å². The van der Waals surface area contributed by atoms with Gasteiger partial charge in [-0.25, -0.2) is 0 Å². The summed E-state index contributed by atoms with van der Waals surface area (Å²) in [6, 6.07) is 1.73. The van der Waals surface area contributed by atoms with Crippen LogP contribution in [0, 0.1) is 11.8 Å². The zero-order chi connectivity index (χ0) is 13.2. The Hall–Kier alpha value is -0.120. The van der Waals surface area contributed by atoms with Crippen molar-refractivity contribution in [3.05, 3.63) is 0 Å². The van der Waals surface area contributed by atoms with Crippen LogP contribution in [-0.4, -0.2) is 61.2 Å². The molecule has 0 aliphatic carbocycles. The smallest absolute Gasteiger partial charge is 0.0263 e. The van der Waals surface area contributed by atoms with Crippen molar-refractivity contribution in [2.24, 2.45) is 11.8 Å². The van der Waals surface area contributed by atoms with Crippen molar-refractivity contribution in [1.29, 1.82) is 0 Å². The zero-order valence-corrected chi connectivity index (χ0v) is 12.8. The minimum atomic E-state index is 0.815. The fourth-order valence-electron chi connectivity index (χ4n) is 4.51. The Morgan fingerprint density at radius 2 is 1.84 bits per heavy atom. The van der Waals surface area contributed by atoms with Gasteiger partial charge in [-0.3, -0.25) is 4.90 Å². The third-order valence-corrected chi connectivity index (χ3v) is 5.37. The predicted molar refractivity (Wildman–Crippen MR) is 80.4 cm³/mol. The topological polar surface area (TPSA) is 18.5 Å². The monoisotopic (exact) mass is 265 g/mol. The van der Waals surface area contributed by atoms with E-state index >= 15 is 0 Å². The van der Waals surface area contributed by atoms with Crippen LogP contribution in [0.5, 0.6) is 0 Å². The maximum atomic E-state index is 3.62. The minimum absolute atomic E-state index is 0.815. The lowest BCUT2D eigenvalue weighted by Crippen LogP contribution is -2.54. The highest BCUT2D eigenvalue weighted by molar-refractivity contribution is 4.95. The highest BCUT2D eigenvalue weighted by atomic mass is 15.3. The summed E-state index contributed by atoms with van der Waals surface area (Å²) in [6.07, 6.45) is 5.68. The molecule has 0 saturated carbocycles. The summed E-state index contributed by atoms with van der Waals surface area (Å²) in [5.74, 6) is 1.76. The van der Waals surface area contributed by atoms with Gasteiger partial charge in [-0.1, -0.05) is 13.8 Å². The van der Waals surface area contributed by atoms with Gasteiger partial charge in [0.15, 0.2) is 0 Å². The Kier molecular flexibility index (Phi) is 4.45. The molecule has 110 valence electrons. The van der Waals surface area contributed by atoms with E-state index in [0.29, 0.717) is 0 Å². The number of hydrogen-bond acceptors (Lipinski definition) is 3. The van der Waals surface area contributed by atoms with E-state index in [4.69, 9.17) is 0 Å². The van der Waals surface area contributed by atoms with Gasteiger partial charge in [-0.05, 0) is 63.7 Å². The molecule has 3 heterocycles. The van der Waals surface area contributed by atoms with Crippen molar-refractivity contribution in [2.45, 2.75) is 51.6 Å². The van der Waals surface area contributed by atoms with Crippen molar-refractivity contribution >= 4 is 0 Å². The number of nitrogens with zero attached hydrogens (tertiary/aromatic N) is 2. The summed E-state index contributed by atoms with van der Waals surface area (Å²) in [5.41, 5.74) is 0. The summed E-state index contributed by atoms with van der Waals surface area (Å²) >= 11 is 0. The van der Waals surface area contributed by atoms with Gasteiger partial charge in [0, 0.05) is 25.2 Å². The second-order valence-corrected chi connectivity index (χ2v) is 7.29. The molecular weight excluding hydrogens is 234 g/mol. The van der Waals surface area contributed by atoms with E-state index in [1.807, 2.05) is 0 Å². The molecule has 0 aromatic rings. The summed E-state index contributed by atoms with van der Waals surface area (Å²) in [6.45, 7) is 12.5. The minimum Gasteiger partial charge on any atom is -0.315 e. The maximum Gasteiger partial charge on any atom is 0.0263 e. The van der Waals surface area contributed by atoms with Gasteiger partial charge in [0.1, 0.15) is 0 Å². The first-order chi connectivity index (χ1) is 9.24. The molecule has 3 saturated heterocycles. The van der Waals surface area contributed by atoms with Crippen molar-refractivity contribution in [1.82, 2.24) is 15.1 Å². The molecule has 0 amide bonds. The van der Waals surface area contributed by atoms with Crippen molar-refractivity contribution in [2.75, 3.05) is 39.3 Å². The summed E-state index contributed by atoms with van der Waals surface area (Å²) in [4.78, 5) is 5.55. The van der Waals surface area contributed by atoms with E-state index < -0.39 is 0 Å². The lowest BCUT2D eigenvalue weighted by Gasteiger charge is -2.45. The molecule has 0 aromatic heterocycles. The summed E-state index contributed by atoms with van der Waals surface area (Å²) < 4.78 is 0. The molecule has 3 aliphatic heterocycles. The third-order valence-electron chi connectivity index (χ3n) is 5.37. The van der Waals surface area contributed by atoms with Gasteiger partial charge < -0.3 is 10.2 Å². The molecule has 2 atom stereocenters. The van der Waals surface area contributed by atoms with Gasteiger partial charge in [-0.2, -0.15) is 0 Å². The van der Waals surface area contributed by atoms with Crippen LogP contribution in [0.2, 0.25) is 0 Å². The second kappa shape index (κ2) is 6.11. The van der Waals surface area contributed by atoms with E-state index in [0.717, 1.165) is 23.9 Å². The molecule has 1 N–H and O–H groups in total. The van der Waals surface area contributed by atoms with Crippen molar-refractivity contribution < 1.29 is 0 Å². The summed E-state index contributed by atoms with van der Waals surface area (Å²) in [7, 11) is 0. The highest BCUT2D eigenvalue weighted by Crippen LogP contribution is 2.31. The molecular formula is C16H31N3. The standard InChI is InChI=1S/C16H31N3/c1-13(2)12-18-8-5-15(6-9-18)19-7-3-4-14-10-17-11-16(14)19/h13-17H,3-12H2,1-2H3. The first kappa shape index (κ1) is 13.8. The molecule has 3 rings (SSSR count). The second-order valence-electron chi connectivity index (χ2n) is 7.29. The van der Waals surface area contributed by atoms with E-state index in [9.17, 15) is 0 Å². The van der Waals surface area contributed by atoms with Crippen LogP contribution in [0.3, 0.4) is 0 Å². The van der Waals surface area contributed by atoms with Crippen molar-refractivity contribution in [3.8, 4) is 0 Å². The van der Waals surface area contributed by atoms with Crippen LogP contribution in [0.4, 0.5) is 0 Å². The van der Waals surface area contributed by atoms with Gasteiger partial charge in [0.25, 0.3) is 0 Å². The fraction of sp³-hybridized carbons (Fsp3) is 1.00. The van der Waals surface area contributed by atoms with Crippen LogP contribution < -0.4 is 5.32 Å². The number of piperidine rings is 2. The van der Waals surface area contributed by atoms with Gasteiger partial charge in [0.2, 0.25) is 0 Å². The lowest BCUT2D eigenvalue weighted by molar-refractivity contribution is 0.0372. The number of fused-ring (bicyclic) bond motifs is 1. The number of likely N-dealkylation sites (tertiary alicyclic amines) is 2. The molecule has 3 aliphatic rings. The van der Waals surface area contributed by atoms with Gasteiger partial charge >= 0.3 is 0 Å². The van der Waals surface area contributed by atoms with E-state index in [1.54, 1.807) is 0 Å². The first-order valence-corrected chi connectivity index (χ1v) is 8.43. The number of nitrogens with one attached hydrogen (secondary N) is 1. The quantitative estimate of drug-likeness (QED) is 0.839. The zero-order valence-electron chi connectivity index (χ0n) is 12.8. The lowest BCUT2D eigenvalue weighted by atomic mass is 9.88. The fourth-order valence-corrected chi connectivity index (χ4v) is 4.51. The Labute approximate surface area is 118 Å². The third kappa shape index (κ3) is 3.14. The molecule has 3 nitrogen and oxygen atoms in total. The maximum absolute atomic E-state index is 3.62. The van der Waals surface area contributed by atoms with Crippen LogP contribution >= 0.6 is 0 Å². The molecule has 0 bridgehead atoms. The Morgan fingerprint density at radius 3 is 2.58 bits per heavy atom. The van der Waals surface area contributed by atoms with Crippen LogP contribution in [0.25, 0.3) is 0 Å². The number of rotatable bonds is 3. The van der Waals surface area contributed by atoms with Crippen LogP contribution in [0.1, 0.15) is 39.5 Å². The largest absolute Gasteiger partial charge is 0.315 e. The highest BCUT2D eigenvalue weighted by Gasteiger charge is 2.38. The van der Waals surface area contributed by atoms with E-state index in [1.165, 1.54) is 65.0 Å². The molecule has 3 fully saturated rings. The van der Waals surface area contributed by atoms with Gasteiger partial charge in [0.05, 0.1) is 0 Å².